The zero-order valence-electron chi connectivity index (χ0n) is 48.4. The average Bonchev–Trinajstić information content (AvgIpc) is 4.24. The summed E-state index contributed by atoms with van der Waals surface area (Å²) in [6.45, 7) is 0. The van der Waals surface area contributed by atoms with Crippen molar-refractivity contribution in [2.45, 2.75) is 0 Å². The molecule has 0 saturated heterocycles. The third kappa shape index (κ3) is 6.06. The van der Waals surface area contributed by atoms with E-state index in [0.29, 0.717) is 16.7 Å². The number of para-hydroxylation sites is 4. The second kappa shape index (κ2) is 14.7. The Labute approximate surface area is 381 Å². The maximum absolute atomic E-state index is 9.31. The minimum atomic E-state index is -0.703. The minimum absolute atomic E-state index is 0.156. The van der Waals surface area contributed by atoms with Crippen molar-refractivity contribution in [2.75, 3.05) is 0 Å². The maximum atomic E-state index is 9.31. The van der Waals surface area contributed by atoms with Gasteiger partial charge in [0.1, 0.15) is 0 Å². The summed E-state index contributed by atoms with van der Waals surface area (Å²) >= 11 is 0. The normalized spacial score (nSPS) is 15.2. The van der Waals surface area contributed by atoms with Crippen LogP contribution in [-0.4, -0.2) is 24.1 Å². The molecule has 9 aromatic carbocycles. The zero-order valence-corrected chi connectivity index (χ0v) is 32.4. The third-order valence-corrected chi connectivity index (χ3v) is 10.9. The Balaban J connectivity index is 1.20. The van der Waals surface area contributed by atoms with Crippen LogP contribution in [0.15, 0.2) is 224 Å². The number of benzene rings is 9. The fourth-order valence-corrected chi connectivity index (χ4v) is 8.01. The molecule has 0 bridgehead atoms. The Hall–Kier alpha value is -8.41. The Morgan fingerprint density at radius 1 is 0.290 bits per heavy atom. The fraction of sp³-hybridized carbons (Fsp3) is 0. The maximum Gasteiger partial charge on any atom is 0.240 e. The first-order chi connectivity index (χ1) is 37.4. The smallest absolute Gasteiger partial charge is 0.240 e. The van der Waals surface area contributed by atoms with Crippen molar-refractivity contribution < 1.29 is 21.9 Å². The molecule has 12 aromatic rings. The van der Waals surface area contributed by atoms with Crippen LogP contribution in [0, 0.1) is 0 Å². The highest BCUT2D eigenvalue weighted by molar-refractivity contribution is 6.10. The zero-order chi connectivity index (χ0) is 54.9. The van der Waals surface area contributed by atoms with Gasteiger partial charge in [-0.2, -0.15) is 15.0 Å². The predicted octanol–water partition coefficient (Wildman–Crippen LogP) is 14.4. The van der Waals surface area contributed by atoms with Gasteiger partial charge >= 0.3 is 0 Å². The summed E-state index contributed by atoms with van der Waals surface area (Å²) in [6, 6.07) is 30.7. The van der Waals surface area contributed by atoms with E-state index in [1.54, 1.807) is 12.1 Å². The van der Waals surface area contributed by atoms with Gasteiger partial charge in [0.05, 0.1) is 44.0 Å². The van der Waals surface area contributed by atoms with Gasteiger partial charge in [0.25, 0.3) is 0 Å². The van der Waals surface area contributed by atoms with E-state index in [9.17, 15) is 5.48 Å². The molecule has 5 nitrogen and oxygen atoms in total. The number of hydrogen-bond donors (Lipinski definition) is 0. The Bertz CT molecular complexity index is 4230. The van der Waals surface area contributed by atoms with E-state index in [-0.39, 0.29) is 49.4 Å². The highest BCUT2D eigenvalue weighted by atomic mass is 15.3. The Morgan fingerprint density at radius 3 is 1.05 bits per heavy atom. The summed E-state index contributed by atoms with van der Waals surface area (Å²) in [5.74, 6) is -1.11. The standard InChI is InChI=1S/C57H37N5/c1-3-16-38(17-4-1)42-20-15-21-43(34-42)40-30-32-41(33-31-40)45-35-44(39-18-5-2-6-19-39)36-46(37-45)55-58-56(61-51-26-11-7-22-47(51)48-23-8-12-27-52(48)61)60-57(59-55)62-53-28-13-9-24-49(53)50-25-10-14-29-54(50)62/h1-37H/i7D,8D,9D,10D,11D,12D,13D,14D,22D,23D,24D,25D,26D,27D,28D,29D. The molecule has 0 atom stereocenters. The number of nitrogens with zero attached hydrogens (tertiary/aromatic N) is 5. The Morgan fingerprint density at radius 2 is 0.613 bits per heavy atom. The molecule has 12 rings (SSSR count). The molecule has 290 valence electrons. The molecule has 0 N–H and O–H groups in total. The van der Waals surface area contributed by atoms with Gasteiger partial charge in [-0.15, -0.1) is 0 Å². The average molecular weight is 808 g/mol. The lowest BCUT2D eigenvalue weighted by atomic mass is 9.94. The number of fused-ring (bicyclic) bond motifs is 6. The van der Waals surface area contributed by atoms with Gasteiger partial charge in [0, 0.05) is 27.1 Å². The highest BCUT2D eigenvalue weighted by Crippen LogP contribution is 2.37. The SMILES string of the molecule is [2H]c1c([2H])c([2H])c2c(c1[2H])c1c([2H])c([2H])c([2H])c([2H])c1n2-c1nc(-c2cc(-c3ccccc3)cc(-c3ccc(-c4cccc(-c5ccccc5)c4)cc3)c2)nc(-n2c3c([2H])c([2H])c([2H])c([2H])c3c3c([2H])c([2H])c([2H])c([2H])c32)n1. The monoisotopic (exact) mass is 807 g/mol. The van der Waals surface area contributed by atoms with Crippen LogP contribution in [0.25, 0.3) is 111 Å². The highest BCUT2D eigenvalue weighted by Gasteiger charge is 2.21. The van der Waals surface area contributed by atoms with Crippen molar-refractivity contribution in [1.29, 1.82) is 0 Å². The summed E-state index contributed by atoms with van der Waals surface area (Å²) < 4.78 is 146. The lowest BCUT2D eigenvalue weighted by Gasteiger charge is -2.14. The van der Waals surface area contributed by atoms with Crippen LogP contribution in [0.1, 0.15) is 21.9 Å². The van der Waals surface area contributed by atoms with E-state index in [0.717, 1.165) is 42.5 Å². The van der Waals surface area contributed by atoms with Gasteiger partial charge in [-0.25, -0.2) is 0 Å². The lowest BCUT2D eigenvalue weighted by Crippen LogP contribution is -2.10. The predicted molar refractivity (Wildman–Crippen MR) is 256 cm³/mol. The molecule has 0 fully saturated rings. The number of rotatable bonds is 7. The van der Waals surface area contributed by atoms with Crippen molar-refractivity contribution >= 4 is 43.6 Å². The van der Waals surface area contributed by atoms with Crippen LogP contribution in [0.4, 0.5) is 0 Å². The minimum Gasteiger partial charge on any atom is -0.278 e. The van der Waals surface area contributed by atoms with Gasteiger partial charge < -0.3 is 0 Å². The van der Waals surface area contributed by atoms with E-state index in [4.69, 9.17) is 31.4 Å². The van der Waals surface area contributed by atoms with Gasteiger partial charge in [0.15, 0.2) is 5.82 Å². The molecule has 0 unspecified atom stereocenters. The molecule has 0 aliphatic rings. The first-order valence-corrected chi connectivity index (χ1v) is 19.6. The Kier molecular flexibility index (Phi) is 5.41. The first-order valence-electron chi connectivity index (χ1n) is 27.6. The molecule has 0 radical (unpaired) electrons. The molecule has 0 saturated carbocycles. The van der Waals surface area contributed by atoms with Gasteiger partial charge in [-0.1, -0.05) is 176 Å². The van der Waals surface area contributed by atoms with Crippen molar-refractivity contribution in [1.82, 2.24) is 24.1 Å². The van der Waals surface area contributed by atoms with E-state index in [2.05, 4.69) is 24.3 Å². The molecule has 3 aromatic heterocycles. The fourth-order valence-electron chi connectivity index (χ4n) is 8.01. The molecule has 0 spiro atoms. The quantitative estimate of drug-likeness (QED) is 0.161. The van der Waals surface area contributed by atoms with Gasteiger partial charge in [0.2, 0.25) is 11.9 Å². The third-order valence-electron chi connectivity index (χ3n) is 10.9. The van der Waals surface area contributed by atoms with E-state index >= 15 is 0 Å². The van der Waals surface area contributed by atoms with Crippen LogP contribution >= 0.6 is 0 Å². The van der Waals surface area contributed by atoms with Crippen LogP contribution in [-0.2, 0) is 0 Å². The number of aromatic nitrogens is 5. The number of hydrogen-bond acceptors (Lipinski definition) is 3. The molecule has 3 heterocycles. The second-order valence-corrected chi connectivity index (χ2v) is 14.5. The molecule has 0 amide bonds. The van der Waals surface area contributed by atoms with Crippen LogP contribution < -0.4 is 0 Å². The lowest BCUT2D eigenvalue weighted by molar-refractivity contribution is 0.893. The van der Waals surface area contributed by atoms with Crippen LogP contribution in [0.2, 0.25) is 0 Å². The van der Waals surface area contributed by atoms with Crippen LogP contribution in [0.5, 0.6) is 0 Å². The van der Waals surface area contributed by atoms with Gasteiger partial charge in [-0.05, 0) is 92.9 Å². The van der Waals surface area contributed by atoms with E-state index < -0.39 is 109 Å². The van der Waals surface area contributed by atoms with Crippen LogP contribution in [0.3, 0.4) is 0 Å². The first kappa shape index (κ1) is 22.8. The molecular formula is C57H37N5. The van der Waals surface area contributed by atoms with Gasteiger partial charge in [-0.3, -0.25) is 9.13 Å². The second-order valence-electron chi connectivity index (χ2n) is 14.5. The molecular weight excluding hydrogens is 755 g/mol. The molecule has 0 aliphatic heterocycles. The van der Waals surface area contributed by atoms with E-state index in [1.165, 1.54) is 0 Å². The topological polar surface area (TPSA) is 48.5 Å². The van der Waals surface area contributed by atoms with Crippen molar-refractivity contribution in [3.63, 3.8) is 0 Å². The largest absolute Gasteiger partial charge is 0.278 e. The summed E-state index contributed by atoms with van der Waals surface area (Å²) in [6.07, 6.45) is 0. The molecule has 0 aliphatic carbocycles. The van der Waals surface area contributed by atoms with Crippen molar-refractivity contribution in [3.8, 4) is 67.8 Å². The summed E-state index contributed by atoms with van der Waals surface area (Å²) in [5, 5.41) is -1.07. The van der Waals surface area contributed by atoms with Crippen molar-refractivity contribution in [3.05, 3.63) is 224 Å². The summed E-state index contributed by atoms with van der Waals surface area (Å²) in [4.78, 5) is 14.8. The molecule has 62 heavy (non-hydrogen) atoms. The van der Waals surface area contributed by atoms with Crippen molar-refractivity contribution in [2.24, 2.45) is 0 Å². The molecule has 5 heteroatoms. The van der Waals surface area contributed by atoms with E-state index in [1.807, 2.05) is 91.0 Å². The summed E-state index contributed by atoms with van der Waals surface area (Å²) in [5.41, 5.74) is 5.99. The summed E-state index contributed by atoms with van der Waals surface area (Å²) in [7, 11) is 0.